The molecule has 1 aliphatic rings. The Morgan fingerprint density at radius 3 is 2.67 bits per heavy atom. The Morgan fingerprint density at radius 1 is 1.22 bits per heavy atom. The Bertz CT molecular complexity index is 850. The van der Waals surface area contributed by atoms with Crippen molar-refractivity contribution in [2.45, 2.75) is 51.5 Å². The molecule has 1 atom stereocenters. The van der Waals surface area contributed by atoms with Gasteiger partial charge in [-0.2, -0.15) is 0 Å². The van der Waals surface area contributed by atoms with E-state index in [4.69, 9.17) is 16.7 Å². The van der Waals surface area contributed by atoms with Crippen LogP contribution in [0.15, 0.2) is 24.3 Å². The first kappa shape index (κ1) is 19.4. The van der Waals surface area contributed by atoms with Gasteiger partial charge in [-0.05, 0) is 49.9 Å². The zero-order chi connectivity index (χ0) is 19.4. The second kappa shape index (κ2) is 8.57. The number of hydrogen-bond acceptors (Lipinski definition) is 4. The monoisotopic (exact) mass is 389 g/mol. The van der Waals surface area contributed by atoms with Crippen molar-refractivity contribution in [2.75, 3.05) is 10.6 Å². The second-order valence-corrected chi connectivity index (χ2v) is 7.55. The van der Waals surface area contributed by atoms with Crippen LogP contribution in [0.1, 0.15) is 45.4 Å². The van der Waals surface area contributed by atoms with E-state index in [1.807, 2.05) is 0 Å². The maximum Gasteiger partial charge on any atom is 0.325 e. The van der Waals surface area contributed by atoms with Crippen LogP contribution in [-0.2, 0) is 9.59 Å². The fourth-order valence-electron chi connectivity index (χ4n) is 3.51. The van der Waals surface area contributed by atoms with Crippen molar-refractivity contribution >= 4 is 45.9 Å². The zero-order valence-corrected chi connectivity index (χ0v) is 16.1. The Hall–Kier alpha value is -2.34. The van der Waals surface area contributed by atoms with Crippen molar-refractivity contribution in [2.24, 2.45) is 5.92 Å². The number of carbonyl (C=O) groups is 2. The van der Waals surface area contributed by atoms with Crippen LogP contribution in [0, 0.1) is 5.92 Å². The van der Waals surface area contributed by atoms with E-state index in [1.165, 1.54) is 19.3 Å². The van der Waals surface area contributed by atoms with Crippen LogP contribution in [0.2, 0.25) is 5.02 Å². The molecule has 1 unspecified atom stereocenters. The number of aromatic nitrogens is 1. The molecule has 7 heteroatoms. The summed E-state index contributed by atoms with van der Waals surface area (Å²) >= 11 is 6.32. The molecule has 1 aliphatic carbocycles. The molecular formula is C20H24ClN3O3. The molecule has 1 saturated carbocycles. The third-order valence-electron chi connectivity index (χ3n) is 5.02. The largest absolute Gasteiger partial charge is 0.480 e. The lowest BCUT2D eigenvalue weighted by molar-refractivity contribution is -0.137. The van der Waals surface area contributed by atoms with Gasteiger partial charge in [0.1, 0.15) is 11.9 Å². The van der Waals surface area contributed by atoms with Gasteiger partial charge in [-0.3, -0.25) is 9.59 Å². The SMILES string of the molecule is CC(Nc1ccc2c(NC(=O)CC3CCCCC3)c(Cl)ccc2n1)C(=O)O. The van der Waals surface area contributed by atoms with Crippen LogP contribution in [0.4, 0.5) is 11.5 Å². The number of pyridine rings is 1. The topological polar surface area (TPSA) is 91.3 Å². The first-order chi connectivity index (χ1) is 12.9. The van der Waals surface area contributed by atoms with Crippen LogP contribution in [0.5, 0.6) is 0 Å². The number of carbonyl (C=O) groups excluding carboxylic acids is 1. The standard InChI is InChI=1S/C20H24ClN3O3/c1-12(20(26)27)22-17-10-7-14-16(23-17)9-8-15(21)19(14)24-18(25)11-13-5-3-2-4-6-13/h7-10,12-13H,2-6,11H2,1H3,(H,22,23)(H,24,25)(H,26,27). The zero-order valence-electron chi connectivity index (χ0n) is 15.3. The van der Waals surface area contributed by atoms with Gasteiger partial charge in [0.25, 0.3) is 0 Å². The van der Waals surface area contributed by atoms with E-state index in [0.717, 1.165) is 18.2 Å². The Labute approximate surface area is 163 Å². The number of benzene rings is 1. The fraction of sp³-hybridized carbons (Fsp3) is 0.450. The summed E-state index contributed by atoms with van der Waals surface area (Å²) in [6, 6.07) is 6.18. The summed E-state index contributed by atoms with van der Waals surface area (Å²) in [6.45, 7) is 1.55. The number of aliphatic carboxylic acids is 1. The molecule has 1 heterocycles. The maximum absolute atomic E-state index is 12.5. The average Bonchev–Trinajstić information content (AvgIpc) is 2.64. The predicted octanol–water partition coefficient (Wildman–Crippen LogP) is 4.68. The molecule has 3 N–H and O–H groups in total. The lowest BCUT2D eigenvalue weighted by Crippen LogP contribution is -2.25. The third-order valence-corrected chi connectivity index (χ3v) is 5.33. The second-order valence-electron chi connectivity index (χ2n) is 7.15. The summed E-state index contributed by atoms with van der Waals surface area (Å²) in [7, 11) is 0. The van der Waals surface area contributed by atoms with Crippen molar-refractivity contribution < 1.29 is 14.7 Å². The van der Waals surface area contributed by atoms with E-state index >= 15 is 0 Å². The molecule has 1 aromatic carbocycles. The first-order valence-corrected chi connectivity index (χ1v) is 9.70. The summed E-state index contributed by atoms with van der Waals surface area (Å²) < 4.78 is 0. The summed E-state index contributed by atoms with van der Waals surface area (Å²) in [5.41, 5.74) is 1.19. The van der Waals surface area contributed by atoms with Gasteiger partial charge in [0, 0.05) is 11.8 Å². The molecule has 0 radical (unpaired) electrons. The van der Waals surface area contributed by atoms with Crippen molar-refractivity contribution in [1.29, 1.82) is 0 Å². The van der Waals surface area contributed by atoms with Gasteiger partial charge < -0.3 is 15.7 Å². The van der Waals surface area contributed by atoms with E-state index < -0.39 is 12.0 Å². The van der Waals surface area contributed by atoms with E-state index in [0.29, 0.717) is 34.4 Å². The Balaban J connectivity index is 1.78. The molecule has 0 spiro atoms. The van der Waals surface area contributed by atoms with Gasteiger partial charge >= 0.3 is 5.97 Å². The summed E-state index contributed by atoms with van der Waals surface area (Å²) in [5, 5.41) is 16.0. The van der Waals surface area contributed by atoms with Gasteiger partial charge in [-0.25, -0.2) is 4.98 Å². The van der Waals surface area contributed by atoms with Crippen LogP contribution >= 0.6 is 11.6 Å². The van der Waals surface area contributed by atoms with Crippen molar-refractivity contribution in [3.05, 3.63) is 29.3 Å². The Kier molecular flexibility index (Phi) is 6.16. The average molecular weight is 390 g/mol. The quantitative estimate of drug-likeness (QED) is 0.667. The summed E-state index contributed by atoms with van der Waals surface area (Å²) in [4.78, 5) is 27.9. The van der Waals surface area contributed by atoms with Crippen molar-refractivity contribution in [1.82, 2.24) is 4.98 Å². The summed E-state index contributed by atoms with van der Waals surface area (Å²) in [6.07, 6.45) is 6.37. The molecule has 1 amide bonds. The maximum atomic E-state index is 12.5. The molecule has 3 rings (SSSR count). The van der Waals surface area contributed by atoms with Crippen molar-refractivity contribution in [3.8, 4) is 0 Å². The van der Waals surface area contributed by atoms with Gasteiger partial charge in [-0.1, -0.05) is 30.9 Å². The number of hydrogen-bond donors (Lipinski definition) is 3. The highest BCUT2D eigenvalue weighted by atomic mass is 35.5. The number of rotatable bonds is 6. The molecule has 2 aromatic rings. The molecule has 144 valence electrons. The smallest absolute Gasteiger partial charge is 0.325 e. The fourth-order valence-corrected chi connectivity index (χ4v) is 3.72. The molecule has 6 nitrogen and oxygen atoms in total. The summed E-state index contributed by atoms with van der Waals surface area (Å²) in [5.74, 6) is -0.0835. The molecule has 1 fully saturated rings. The number of halogens is 1. The number of carboxylic acids is 1. The Morgan fingerprint density at radius 2 is 1.96 bits per heavy atom. The lowest BCUT2D eigenvalue weighted by Gasteiger charge is -2.21. The van der Waals surface area contributed by atoms with Crippen LogP contribution < -0.4 is 10.6 Å². The van der Waals surface area contributed by atoms with Gasteiger partial charge in [0.05, 0.1) is 16.2 Å². The normalized spacial score (nSPS) is 16.1. The minimum absolute atomic E-state index is 0.0296. The number of nitrogens with zero attached hydrogens (tertiary/aromatic N) is 1. The molecule has 27 heavy (non-hydrogen) atoms. The van der Waals surface area contributed by atoms with Crippen LogP contribution in [0.25, 0.3) is 10.9 Å². The van der Waals surface area contributed by atoms with Gasteiger partial charge in [0.2, 0.25) is 5.91 Å². The first-order valence-electron chi connectivity index (χ1n) is 9.32. The highest BCUT2D eigenvalue weighted by molar-refractivity contribution is 6.35. The van der Waals surface area contributed by atoms with Gasteiger partial charge in [0.15, 0.2) is 0 Å². The molecule has 1 aromatic heterocycles. The lowest BCUT2D eigenvalue weighted by atomic mass is 9.87. The number of amides is 1. The van der Waals surface area contributed by atoms with E-state index in [9.17, 15) is 9.59 Å². The van der Waals surface area contributed by atoms with Crippen molar-refractivity contribution in [3.63, 3.8) is 0 Å². The number of fused-ring (bicyclic) bond motifs is 1. The number of carboxylic acid groups (broad SMARTS) is 1. The highest BCUT2D eigenvalue weighted by Crippen LogP contribution is 2.32. The van der Waals surface area contributed by atoms with E-state index in [-0.39, 0.29) is 5.91 Å². The molecule has 0 aliphatic heterocycles. The minimum atomic E-state index is -0.955. The molecular weight excluding hydrogens is 366 g/mol. The number of anilines is 2. The predicted molar refractivity (Wildman–Crippen MR) is 107 cm³/mol. The van der Waals surface area contributed by atoms with E-state index in [1.54, 1.807) is 31.2 Å². The molecule has 0 bridgehead atoms. The minimum Gasteiger partial charge on any atom is -0.480 e. The molecule has 0 saturated heterocycles. The highest BCUT2D eigenvalue weighted by Gasteiger charge is 2.19. The number of nitrogens with one attached hydrogen (secondary N) is 2. The third kappa shape index (κ3) is 4.89. The van der Waals surface area contributed by atoms with Gasteiger partial charge in [-0.15, -0.1) is 0 Å². The van der Waals surface area contributed by atoms with Crippen LogP contribution in [-0.4, -0.2) is 28.0 Å². The van der Waals surface area contributed by atoms with Crippen LogP contribution in [0.3, 0.4) is 0 Å². The van der Waals surface area contributed by atoms with E-state index in [2.05, 4.69) is 15.6 Å².